The first-order valence-corrected chi connectivity index (χ1v) is 5.69. The maximum atomic E-state index is 11.9. The van der Waals surface area contributed by atoms with Crippen LogP contribution in [-0.4, -0.2) is 37.7 Å². The molecular formula is C12H17N3O2. The van der Waals surface area contributed by atoms with Gasteiger partial charge in [-0.2, -0.15) is 0 Å². The lowest BCUT2D eigenvalue weighted by atomic mass is 10.3. The van der Waals surface area contributed by atoms with Gasteiger partial charge in [-0.3, -0.25) is 4.79 Å². The fraction of sp³-hybridized carbons (Fsp3) is 0.417. The lowest BCUT2D eigenvalue weighted by molar-refractivity contribution is -0.118. The van der Waals surface area contributed by atoms with Crippen molar-refractivity contribution in [2.24, 2.45) is 5.73 Å². The van der Waals surface area contributed by atoms with Gasteiger partial charge in [0.25, 0.3) is 0 Å². The maximum Gasteiger partial charge on any atom is 0.243 e. The summed E-state index contributed by atoms with van der Waals surface area (Å²) in [5.41, 5.74) is 6.34. The monoisotopic (exact) mass is 235 g/mol. The quantitative estimate of drug-likeness (QED) is 0.830. The smallest absolute Gasteiger partial charge is 0.243 e. The standard InChI is InChI=1S/C12H17N3O2/c1-17-11-5-3-2-4-10(11)15-12(16)6-8-14(15)9-7-13/h2-5H,6-9,13H2,1H3. The van der Waals surface area contributed by atoms with Crippen molar-refractivity contribution in [3.8, 4) is 5.75 Å². The number of ether oxygens (including phenoxy) is 1. The van der Waals surface area contributed by atoms with E-state index in [0.717, 1.165) is 5.69 Å². The van der Waals surface area contributed by atoms with Crippen molar-refractivity contribution >= 4 is 11.6 Å². The average molecular weight is 235 g/mol. The lowest BCUT2D eigenvalue weighted by Crippen LogP contribution is -2.42. The van der Waals surface area contributed by atoms with Gasteiger partial charge in [0.2, 0.25) is 5.91 Å². The zero-order chi connectivity index (χ0) is 12.3. The summed E-state index contributed by atoms with van der Waals surface area (Å²) in [4.78, 5) is 11.9. The average Bonchev–Trinajstić information content (AvgIpc) is 2.71. The topological polar surface area (TPSA) is 58.8 Å². The molecule has 0 aliphatic carbocycles. The molecule has 0 atom stereocenters. The van der Waals surface area contributed by atoms with Crippen LogP contribution >= 0.6 is 0 Å². The van der Waals surface area contributed by atoms with Crippen molar-refractivity contribution in [1.82, 2.24) is 5.01 Å². The van der Waals surface area contributed by atoms with Crippen LogP contribution in [0, 0.1) is 0 Å². The number of nitrogens with two attached hydrogens (primary N) is 1. The second kappa shape index (κ2) is 5.16. The van der Waals surface area contributed by atoms with E-state index in [0.29, 0.717) is 31.8 Å². The Bertz CT molecular complexity index is 408. The third kappa shape index (κ3) is 2.25. The minimum Gasteiger partial charge on any atom is -0.495 e. The molecule has 92 valence electrons. The van der Waals surface area contributed by atoms with Gasteiger partial charge >= 0.3 is 0 Å². The van der Waals surface area contributed by atoms with E-state index in [1.165, 1.54) is 0 Å². The van der Waals surface area contributed by atoms with E-state index in [9.17, 15) is 4.79 Å². The van der Waals surface area contributed by atoms with E-state index in [2.05, 4.69) is 0 Å². The lowest BCUT2D eigenvalue weighted by Gasteiger charge is -2.28. The largest absolute Gasteiger partial charge is 0.495 e. The Morgan fingerprint density at radius 2 is 2.18 bits per heavy atom. The Kier molecular flexibility index (Phi) is 3.61. The number of nitrogens with zero attached hydrogens (tertiary/aromatic N) is 2. The second-order valence-electron chi connectivity index (χ2n) is 3.87. The zero-order valence-corrected chi connectivity index (χ0v) is 9.93. The van der Waals surface area contributed by atoms with Crippen LogP contribution in [0.15, 0.2) is 24.3 Å². The van der Waals surface area contributed by atoms with Crippen molar-refractivity contribution in [2.45, 2.75) is 6.42 Å². The van der Waals surface area contributed by atoms with Crippen LogP contribution in [0.5, 0.6) is 5.75 Å². The molecule has 1 fully saturated rings. The molecule has 1 aromatic rings. The highest BCUT2D eigenvalue weighted by Crippen LogP contribution is 2.31. The SMILES string of the molecule is COc1ccccc1N1C(=O)CCN1CCN. The molecule has 0 saturated carbocycles. The number of benzene rings is 1. The van der Waals surface area contributed by atoms with E-state index < -0.39 is 0 Å². The van der Waals surface area contributed by atoms with Crippen molar-refractivity contribution in [3.05, 3.63) is 24.3 Å². The first kappa shape index (κ1) is 11.9. The Morgan fingerprint density at radius 3 is 2.88 bits per heavy atom. The Hall–Kier alpha value is -1.59. The number of amides is 1. The number of hydrazine groups is 1. The molecule has 0 radical (unpaired) electrons. The highest BCUT2D eigenvalue weighted by molar-refractivity contribution is 5.95. The normalized spacial score (nSPS) is 16.6. The molecule has 1 aliphatic rings. The van der Waals surface area contributed by atoms with Gasteiger partial charge in [-0.15, -0.1) is 0 Å². The molecule has 5 heteroatoms. The number of hydrogen-bond donors (Lipinski definition) is 1. The molecule has 0 aromatic heterocycles. The summed E-state index contributed by atoms with van der Waals surface area (Å²) in [5, 5.41) is 3.63. The number of para-hydroxylation sites is 2. The van der Waals surface area contributed by atoms with Crippen molar-refractivity contribution in [3.63, 3.8) is 0 Å². The van der Waals surface area contributed by atoms with Gasteiger partial charge < -0.3 is 10.5 Å². The minimum absolute atomic E-state index is 0.0861. The van der Waals surface area contributed by atoms with Crippen LogP contribution in [0.2, 0.25) is 0 Å². The molecule has 1 saturated heterocycles. The van der Waals surface area contributed by atoms with Gasteiger partial charge in [0.1, 0.15) is 11.4 Å². The Morgan fingerprint density at radius 1 is 1.41 bits per heavy atom. The maximum absolute atomic E-state index is 11.9. The fourth-order valence-corrected chi connectivity index (χ4v) is 2.04. The summed E-state index contributed by atoms with van der Waals surface area (Å²) in [6.07, 6.45) is 0.526. The third-order valence-electron chi connectivity index (χ3n) is 2.80. The molecule has 2 N–H and O–H groups in total. The number of methoxy groups -OCH3 is 1. The van der Waals surface area contributed by atoms with Crippen LogP contribution in [0.25, 0.3) is 0 Å². The number of anilines is 1. The van der Waals surface area contributed by atoms with Crippen molar-refractivity contribution in [1.29, 1.82) is 0 Å². The summed E-state index contributed by atoms with van der Waals surface area (Å²) in [6, 6.07) is 7.51. The van der Waals surface area contributed by atoms with Gasteiger partial charge in [0.15, 0.2) is 0 Å². The third-order valence-corrected chi connectivity index (χ3v) is 2.80. The Labute approximate surface area is 101 Å². The Balaban J connectivity index is 2.32. The molecule has 1 heterocycles. The van der Waals surface area contributed by atoms with Crippen LogP contribution in [0.4, 0.5) is 5.69 Å². The minimum atomic E-state index is 0.0861. The number of hydrogen-bond acceptors (Lipinski definition) is 4. The van der Waals surface area contributed by atoms with Gasteiger partial charge in [-0.05, 0) is 12.1 Å². The van der Waals surface area contributed by atoms with Crippen LogP contribution < -0.4 is 15.5 Å². The predicted octanol–water partition coefficient (Wildman–Crippen LogP) is 0.608. The first-order chi connectivity index (χ1) is 8.27. The molecule has 5 nitrogen and oxygen atoms in total. The molecule has 17 heavy (non-hydrogen) atoms. The van der Waals surface area contributed by atoms with Crippen LogP contribution in [-0.2, 0) is 4.79 Å². The summed E-state index contributed by atoms with van der Waals surface area (Å²) >= 11 is 0. The molecule has 0 unspecified atom stereocenters. The summed E-state index contributed by atoms with van der Waals surface area (Å²) in [7, 11) is 1.60. The van der Waals surface area contributed by atoms with Gasteiger partial charge in [0.05, 0.1) is 7.11 Å². The van der Waals surface area contributed by atoms with E-state index >= 15 is 0 Å². The molecule has 0 bridgehead atoms. The molecule has 1 amide bonds. The molecule has 1 aliphatic heterocycles. The van der Waals surface area contributed by atoms with Crippen LogP contribution in [0.1, 0.15) is 6.42 Å². The van der Waals surface area contributed by atoms with Crippen molar-refractivity contribution in [2.75, 3.05) is 31.8 Å². The molecule has 0 spiro atoms. The summed E-state index contributed by atoms with van der Waals surface area (Å²) < 4.78 is 5.28. The van der Waals surface area contributed by atoms with E-state index in [1.54, 1.807) is 12.1 Å². The highest BCUT2D eigenvalue weighted by atomic mass is 16.5. The fourth-order valence-electron chi connectivity index (χ4n) is 2.04. The van der Waals surface area contributed by atoms with Crippen molar-refractivity contribution < 1.29 is 9.53 Å². The predicted molar refractivity (Wildman–Crippen MR) is 65.7 cm³/mol. The first-order valence-electron chi connectivity index (χ1n) is 5.69. The van der Waals surface area contributed by atoms with Crippen LogP contribution in [0.3, 0.4) is 0 Å². The number of rotatable bonds is 4. The molecular weight excluding hydrogens is 218 g/mol. The second-order valence-corrected chi connectivity index (χ2v) is 3.87. The van der Waals surface area contributed by atoms with E-state index in [-0.39, 0.29) is 5.91 Å². The van der Waals surface area contributed by atoms with Gasteiger partial charge in [0, 0.05) is 26.1 Å². The number of carbonyl (C=O) groups excluding carboxylic acids is 1. The van der Waals surface area contributed by atoms with Gasteiger partial charge in [-0.1, -0.05) is 12.1 Å². The zero-order valence-electron chi connectivity index (χ0n) is 9.93. The highest BCUT2D eigenvalue weighted by Gasteiger charge is 2.31. The number of carbonyl (C=O) groups is 1. The molecule has 2 rings (SSSR count). The van der Waals surface area contributed by atoms with Gasteiger partial charge in [-0.25, -0.2) is 10.0 Å². The van der Waals surface area contributed by atoms with E-state index in [1.807, 2.05) is 29.3 Å². The molecule has 1 aromatic carbocycles. The summed E-state index contributed by atoms with van der Waals surface area (Å²) in [6.45, 7) is 1.91. The van der Waals surface area contributed by atoms with E-state index in [4.69, 9.17) is 10.5 Å². The summed E-state index contributed by atoms with van der Waals surface area (Å²) in [5.74, 6) is 0.785.